The van der Waals surface area contributed by atoms with Crippen molar-refractivity contribution in [3.8, 4) is 0 Å². The number of anilines is 1. The molecule has 6 nitrogen and oxygen atoms in total. The number of aliphatic imine (C=N–C) groups is 1. The standard InChI is InChI=1S/C16H24N4O2/c1-12(2)11-22-16(21)19-14-8-4-3-7-13(14)18-15(17)20-9-5-6-10-20/h3-4,7-8,12H,5-6,9-11H2,1-2H3,(H2,17,18)(H,19,21). The summed E-state index contributed by atoms with van der Waals surface area (Å²) in [7, 11) is 0. The Morgan fingerprint density at radius 2 is 2.05 bits per heavy atom. The Balaban J connectivity index is 2.06. The first-order valence-electron chi connectivity index (χ1n) is 7.68. The minimum Gasteiger partial charge on any atom is -0.449 e. The molecule has 6 heteroatoms. The van der Waals surface area contributed by atoms with Crippen molar-refractivity contribution >= 4 is 23.4 Å². The Morgan fingerprint density at radius 3 is 2.73 bits per heavy atom. The molecule has 2 rings (SSSR count). The molecule has 0 radical (unpaired) electrons. The van der Waals surface area contributed by atoms with E-state index >= 15 is 0 Å². The lowest BCUT2D eigenvalue weighted by atomic mass is 10.2. The molecule has 1 fully saturated rings. The fourth-order valence-electron chi connectivity index (χ4n) is 2.21. The topological polar surface area (TPSA) is 79.9 Å². The number of benzene rings is 1. The molecule has 1 amide bonds. The first kappa shape index (κ1) is 16.1. The van der Waals surface area contributed by atoms with Crippen molar-refractivity contribution in [2.24, 2.45) is 16.6 Å². The van der Waals surface area contributed by atoms with E-state index in [0.29, 0.717) is 29.9 Å². The summed E-state index contributed by atoms with van der Waals surface area (Å²) in [5.74, 6) is 0.784. The van der Waals surface area contributed by atoms with Crippen LogP contribution >= 0.6 is 0 Å². The molecule has 0 atom stereocenters. The van der Waals surface area contributed by atoms with Gasteiger partial charge in [-0.3, -0.25) is 5.32 Å². The summed E-state index contributed by atoms with van der Waals surface area (Å²) in [5, 5.41) is 2.72. The van der Waals surface area contributed by atoms with Gasteiger partial charge in [0.25, 0.3) is 0 Å². The minimum atomic E-state index is -0.476. The highest BCUT2D eigenvalue weighted by Gasteiger charge is 2.14. The van der Waals surface area contributed by atoms with E-state index < -0.39 is 6.09 Å². The van der Waals surface area contributed by atoms with Crippen LogP contribution in [0.2, 0.25) is 0 Å². The van der Waals surface area contributed by atoms with E-state index in [4.69, 9.17) is 10.5 Å². The fraction of sp³-hybridized carbons (Fsp3) is 0.500. The number of para-hydroxylation sites is 2. The van der Waals surface area contributed by atoms with Gasteiger partial charge >= 0.3 is 6.09 Å². The van der Waals surface area contributed by atoms with E-state index in [1.807, 2.05) is 36.9 Å². The summed E-state index contributed by atoms with van der Waals surface area (Å²) in [5.41, 5.74) is 7.27. The lowest BCUT2D eigenvalue weighted by Crippen LogP contribution is -2.34. The molecule has 0 spiro atoms. The molecule has 1 aromatic carbocycles. The van der Waals surface area contributed by atoms with Crippen LogP contribution in [-0.4, -0.2) is 36.6 Å². The molecular weight excluding hydrogens is 280 g/mol. The van der Waals surface area contributed by atoms with Crippen LogP contribution in [0.1, 0.15) is 26.7 Å². The van der Waals surface area contributed by atoms with Gasteiger partial charge in [-0.1, -0.05) is 26.0 Å². The van der Waals surface area contributed by atoms with Gasteiger partial charge in [0.2, 0.25) is 0 Å². The van der Waals surface area contributed by atoms with Crippen LogP contribution in [0.25, 0.3) is 0 Å². The van der Waals surface area contributed by atoms with Gasteiger partial charge < -0.3 is 15.4 Å². The molecule has 1 heterocycles. The van der Waals surface area contributed by atoms with E-state index in [-0.39, 0.29) is 0 Å². The van der Waals surface area contributed by atoms with Crippen LogP contribution < -0.4 is 11.1 Å². The van der Waals surface area contributed by atoms with Crippen LogP contribution in [0.4, 0.5) is 16.2 Å². The van der Waals surface area contributed by atoms with Crippen LogP contribution in [-0.2, 0) is 4.74 Å². The van der Waals surface area contributed by atoms with E-state index in [2.05, 4.69) is 10.3 Å². The molecule has 0 unspecified atom stereocenters. The molecule has 120 valence electrons. The molecule has 0 bridgehead atoms. The van der Waals surface area contributed by atoms with E-state index in [9.17, 15) is 4.79 Å². The third-order valence-corrected chi connectivity index (χ3v) is 3.35. The maximum atomic E-state index is 11.8. The second-order valence-electron chi connectivity index (χ2n) is 5.80. The zero-order valence-electron chi connectivity index (χ0n) is 13.2. The Hall–Kier alpha value is -2.24. The minimum absolute atomic E-state index is 0.296. The Bertz CT molecular complexity index is 537. The number of hydrogen-bond acceptors (Lipinski definition) is 3. The first-order valence-corrected chi connectivity index (χ1v) is 7.68. The van der Waals surface area contributed by atoms with Crippen LogP contribution in [0.3, 0.4) is 0 Å². The van der Waals surface area contributed by atoms with Crippen molar-refractivity contribution in [1.82, 2.24) is 4.90 Å². The summed E-state index contributed by atoms with van der Waals surface area (Å²) >= 11 is 0. The highest BCUT2D eigenvalue weighted by Crippen LogP contribution is 2.25. The number of nitrogens with one attached hydrogen (secondary N) is 1. The van der Waals surface area contributed by atoms with Gasteiger partial charge in [-0.2, -0.15) is 0 Å². The number of amides is 1. The number of nitrogens with two attached hydrogens (primary N) is 1. The van der Waals surface area contributed by atoms with Crippen LogP contribution in [0.15, 0.2) is 29.3 Å². The predicted octanol–water partition coefficient (Wildman–Crippen LogP) is 2.93. The van der Waals surface area contributed by atoms with E-state index in [0.717, 1.165) is 25.9 Å². The molecule has 0 aliphatic carbocycles. The largest absolute Gasteiger partial charge is 0.449 e. The maximum Gasteiger partial charge on any atom is 0.411 e. The van der Waals surface area contributed by atoms with Crippen molar-refractivity contribution in [2.45, 2.75) is 26.7 Å². The SMILES string of the molecule is CC(C)COC(=O)Nc1ccccc1N=C(N)N1CCCC1. The first-order chi connectivity index (χ1) is 10.6. The van der Waals surface area contributed by atoms with Gasteiger partial charge in [0.15, 0.2) is 5.96 Å². The number of carbonyl (C=O) groups is 1. The van der Waals surface area contributed by atoms with Gasteiger partial charge in [0, 0.05) is 13.1 Å². The Kier molecular flexibility index (Phi) is 5.63. The highest BCUT2D eigenvalue weighted by atomic mass is 16.5. The Labute approximate surface area is 131 Å². The molecule has 1 saturated heterocycles. The van der Waals surface area contributed by atoms with Crippen molar-refractivity contribution in [3.63, 3.8) is 0 Å². The van der Waals surface area contributed by atoms with Gasteiger partial charge in [-0.05, 0) is 30.9 Å². The van der Waals surface area contributed by atoms with Gasteiger partial charge in [-0.25, -0.2) is 9.79 Å². The summed E-state index contributed by atoms with van der Waals surface area (Å²) in [4.78, 5) is 18.3. The molecule has 1 aliphatic heterocycles. The molecule has 1 aromatic rings. The molecule has 22 heavy (non-hydrogen) atoms. The second-order valence-corrected chi connectivity index (χ2v) is 5.80. The maximum absolute atomic E-state index is 11.8. The van der Waals surface area contributed by atoms with Crippen molar-refractivity contribution in [3.05, 3.63) is 24.3 Å². The number of guanidine groups is 1. The summed E-state index contributed by atoms with van der Waals surface area (Å²) in [6.45, 7) is 6.22. The van der Waals surface area contributed by atoms with Crippen molar-refractivity contribution in [2.75, 3.05) is 25.0 Å². The third-order valence-electron chi connectivity index (χ3n) is 3.35. The monoisotopic (exact) mass is 304 g/mol. The van der Waals surface area contributed by atoms with Crippen LogP contribution in [0, 0.1) is 5.92 Å². The zero-order valence-corrected chi connectivity index (χ0v) is 13.2. The molecule has 0 saturated carbocycles. The second kappa shape index (κ2) is 7.68. The number of ether oxygens (including phenoxy) is 1. The number of rotatable bonds is 4. The summed E-state index contributed by atoms with van der Waals surface area (Å²) in [6.07, 6.45) is 1.80. The average molecular weight is 304 g/mol. The zero-order chi connectivity index (χ0) is 15.9. The lowest BCUT2D eigenvalue weighted by Gasteiger charge is -2.16. The summed E-state index contributed by atoms with van der Waals surface area (Å²) in [6, 6.07) is 7.30. The summed E-state index contributed by atoms with van der Waals surface area (Å²) < 4.78 is 5.13. The van der Waals surface area contributed by atoms with Crippen molar-refractivity contribution in [1.29, 1.82) is 0 Å². The average Bonchev–Trinajstić information content (AvgIpc) is 3.01. The normalized spacial score (nSPS) is 15.2. The predicted molar refractivity (Wildman–Crippen MR) is 88.3 cm³/mol. The smallest absolute Gasteiger partial charge is 0.411 e. The van der Waals surface area contributed by atoms with Gasteiger partial charge in [-0.15, -0.1) is 0 Å². The van der Waals surface area contributed by atoms with Gasteiger partial charge in [0.1, 0.15) is 0 Å². The number of nitrogens with zero attached hydrogens (tertiary/aromatic N) is 2. The van der Waals surface area contributed by atoms with E-state index in [1.54, 1.807) is 6.07 Å². The van der Waals surface area contributed by atoms with Crippen molar-refractivity contribution < 1.29 is 9.53 Å². The highest BCUT2D eigenvalue weighted by molar-refractivity contribution is 5.91. The van der Waals surface area contributed by atoms with E-state index in [1.165, 1.54) is 0 Å². The molecule has 3 N–H and O–H groups in total. The molecule has 0 aromatic heterocycles. The molecule has 1 aliphatic rings. The quantitative estimate of drug-likeness (QED) is 0.662. The number of likely N-dealkylation sites (tertiary alicyclic amines) is 1. The number of carbonyl (C=O) groups excluding carboxylic acids is 1. The number of hydrogen-bond donors (Lipinski definition) is 2. The third kappa shape index (κ3) is 4.65. The molecular formula is C16H24N4O2. The van der Waals surface area contributed by atoms with Crippen LogP contribution in [0.5, 0.6) is 0 Å². The fourth-order valence-corrected chi connectivity index (χ4v) is 2.21. The van der Waals surface area contributed by atoms with Gasteiger partial charge in [0.05, 0.1) is 18.0 Å². The lowest BCUT2D eigenvalue weighted by molar-refractivity contribution is 0.147. The Morgan fingerprint density at radius 1 is 1.36 bits per heavy atom.